The van der Waals surface area contributed by atoms with Gasteiger partial charge in [0.1, 0.15) is 11.6 Å². The van der Waals surface area contributed by atoms with Gasteiger partial charge in [-0.25, -0.2) is 0 Å². The first-order valence-corrected chi connectivity index (χ1v) is 10.0. The summed E-state index contributed by atoms with van der Waals surface area (Å²) in [5.41, 5.74) is -0.597. The molecule has 2 saturated heterocycles. The fourth-order valence-electron chi connectivity index (χ4n) is 4.77. The summed E-state index contributed by atoms with van der Waals surface area (Å²) in [6.45, 7) is 4.50. The largest absolute Gasteiger partial charge is 0.342 e. The molecule has 1 atom stereocenters. The quantitative estimate of drug-likeness (QED) is 0.810. The van der Waals surface area contributed by atoms with Crippen molar-refractivity contribution in [2.45, 2.75) is 82.7 Å². The Morgan fingerprint density at radius 2 is 1.83 bits per heavy atom. The van der Waals surface area contributed by atoms with Crippen molar-refractivity contribution in [3.8, 4) is 0 Å². The maximum atomic E-state index is 13.2. The predicted octanol–water partition coefficient (Wildman–Crippen LogP) is 2.21. The zero-order valence-electron chi connectivity index (χ0n) is 15.1. The van der Waals surface area contributed by atoms with Gasteiger partial charge in [0.2, 0.25) is 11.8 Å². The van der Waals surface area contributed by atoms with Crippen molar-refractivity contribution in [1.29, 1.82) is 0 Å². The molecule has 5 nitrogen and oxygen atoms in total. The van der Waals surface area contributed by atoms with Crippen LogP contribution < -0.4 is 10.6 Å². The standard InChI is InChI=1S/C19H33N3O2/c1-2-3-13-22-17(23)16(14-15-7-5-4-6-8-15)21-18(24)19(22)9-11-20-12-10-19/h15-16,20H,2-14H2,1H3,(H,21,24). The maximum absolute atomic E-state index is 13.2. The minimum atomic E-state index is -0.597. The topological polar surface area (TPSA) is 61.4 Å². The van der Waals surface area contributed by atoms with E-state index in [2.05, 4.69) is 17.6 Å². The predicted molar refractivity (Wildman–Crippen MR) is 94.6 cm³/mol. The lowest BCUT2D eigenvalue weighted by atomic mass is 9.79. The lowest BCUT2D eigenvalue weighted by Gasteiger charge is -2.50. The van der Waals surface area contributed by atoms with Gasteiger partial charge in [-0.15, -0.1) is 0 Å². The number of carbonyl (C=O) groups is 2. The SMILES string of the molecule is CCCCN1C(=O)C(CC2CCCCC2)NC(=O)C12CCNCC2. The molecule has 0 aromatic heterocycles. The first kappa shape index (κ1) is 17.7. The average Bonchev–Trinajstić information content (AvgIpc) is 2.62. The molecule has 5 heteroatoms. The van der Waals surface area contributed by atoms with Gasteiger partial charge in [0.05, 0.1) is 0 Å². The second-order valence-electron chi connectivity index (χ2n) is 7.89. The summed E-state index contributed by atoms with van der Waals surface area (Å²) in [5, 5.41) is 6.45. The van der Waals surface area contributed by atoms with Gasteiger partial charge in [0.15, 0.2) is 0 Å². The maximum Gasteiger partial charge on any atom is 0.246 e. The number of hydrogen-bond donors (Lipinski definition) is 2. The van der Waals surface area contributed by atoms with Crippen LogP contribution in [0.2, 0.25) is 0 Å². The molecular formula is C19H33N3O2. The van der Waals surface area contributed by atoms with Crippen LogP contribution in [-0.2, 0) is 9.59 Å². The van der Waals surface area contributed by atoms with E-state index in [9.17, 15) is 9.59 Å². The Labute approximate surface area is 145 Å². The number of nitrogens with zero attached hydrogens (tertiary/aromatic N) is 1. The van der Waals surface area contributed by atoms with Crippen molar-refractivity contribution >= 4 is 11.8 Å². The van der Waals surface area contributed by atoms with Crippen LogP contribution in [0.3, 0.4) is 0 Å². The molecular weight excluding hydrogens is 302 g/mol. The van der Waals surface area contributed by atoms with E-state index in [-0.39, 0.29) is 17.9 Å². The van der Waals surface area contributed by atoms with E-state index in [1.54, 1.807) is 0 Å². The number of piperidine rings is 1. The summed E-state index contributed by atoms with van der Waals surface area (Å²) in [5.74, 6) is 0.874. The highest BCUT2D eigenvalue weighted by atomic mass is 16.2. The van der Waals surface area contributed by atoms with Gasteiger partial charge in [-0.1, -0.05) is 45.4 Å². The molecule has 0 aromatic carbocycles. The van der Waals surface area contributed by atoms with Crippen LogP contribution >= 0.6 is 0 Å². The second kappa shape index (κ2) is 7.85. The van der Waals surface area contributed by atoms with E-state index >= 15 is 0 Å². The molecule has 3 fully saturated rings. The summed E-state index contributed by atoms with van der Waals surface area (Å²) in [4.78, 5) is 28.2. The summed E-state index contributed by atoms with van der Waals surface area (Å²) in [7, 11) is 0. The van der Waals surface area contributed by atoms with Gasteiger partial charge in [0, 0.05) is 6.54 Å². The van der Waals surface area contributed by atoms with Crippen LogP contribution in [0.1, 0.15) is 71.1 Å². The molecule has 136 valence electrons. The molecule has 0 radical (unpaired) electrons. The number of rotatable bonds is 5. The Kier molecular flexibility index (Phi) is 5.80. The fourth-order valence-corrected chi connectivity index (χ4v) is 4.77. The second-order valence-corrected chi connectivity index (χ2v) is 7.89. The number of piperazine rings is 1. The van der Waals surface area contributed by atoms with Crippen LogP contribution in [0.15, 0.2) is 0 Å². The van der Waals surface area contributed by atoms with Gasteiger partial charge in [-0.05, 0) is 44.7 Å². The number of hydrogen-bond acceptors (Lipinski definition) is 3. The number of nitrogens with one attached hydrogen (secondary N) is 2. The minimum Gasteiger partial charge on any atom is -0.342 e. The molecule has 2 heterocycles. The van der Waals surface area contributed by atoms with Crippen LogP contribution in [0, 0.1) is 5.92 Å². The number of amides is 2. The molecule has 2 N–H and O–H groups in total. The van der Waals surface area contributed by atoms with Crippen molar-refractivity contribution in [2.24, 2.45) is 5.92 Å². The fraction of sp³-hybridized carbons (Fsp3) is 0.895. The zero-order chi connectivity index (χ0) is 17.0. The molecule has 3 aliphatic rings. The highest BCUT2D eigenvalue weighted by Crippen LogP contribution is 2.34. The lowest BCUT2D eigenvalue weighted by Crippen LogP contribution is -2.72. The Hall–Kier alpha value is -1.10. The number of carbonyl (C=O) groups excluding carboxylic acids is 2. The van der Waals surface area contributed by atoms with E-state index in [4.69, 9.17) is 0 Å². The van der Waals surface area contributed by atoms with Crippen molar-refractivity contribution in [3.05, 3.63) is 0 Å². The van der Waals surface area contributed by atoms with E-state index in [1.807, 2.05) is 4.90 Å². The third-order valence-corrected chi connectivity index (χ3v) is 6.27. The first-order chi connectivity index (χ1) is 11.7. The molecule has 2 aliphatic heterocycles. The molecule has 1 aliphatic carbocycles. The highest BCUT2D eigenvalue weighted by Gasteiger charge is 2.52. The zero-order valence-corrected chi connectivity index (χ0v) is 15.1. The van der Waals surface area contributed by atoms with E-state index in [0.29, 0.717) is 5.92 Å². The minimum absolute atomic E-state index is 0.0977. The molecule has 0 aromatic rings. The van der Waals surface area contributed by atoms with Gasteiger partial charge in [-0.3, -0.25) is 9.59 Å². The van der Waals surface area contributed by atoms with E-state index < -0.39 is 5.54 Å². The molecule has 1 spiro atoms. The molecule has 3 rings (SSSR count). The summed E-state index contributed by atoms with van der Waals surface area (Å²) < 4.78 is 0. The number of unbranched alkanes of at least 4 members (excludes halogenated alkanes) is 1. The van der Waals surface area contributed by atoms with Crippen LogP contribution in [-0.4, -0.2) is 47.9 Å². The van der Waals surface area contributed by atoms with Crippen molar-refractivity contribution in [1.82, 2.24) is 15.5 Å². The Morgan fingerprint density at radius 1 is 1.12 bits per heavy atom. The molecule has 0 bridgehead atoms. The van der Waals surface area contributed by atoms with Crippen molar-refractivity contribution in [3.63, 3.8) is 0 Å². The highest BCUT2D eigenvalue weighted by molar-refractivity contribution is 6.00. The van der Waals surface area contributed by atoms with Gasteiger partial charge >= 0.3 is 0 Å². The average molecular weight is 335 g/mol. The molecule has 24 heavy (non-hydrogen) atoms. The van der Waals surface area contributed by atoms with Gasteiger partial charge in [-0.2, -0.15) is 0 Å². The van der Waals surface area contributed by atoms with Crippen LogP contribution in [0.5, 0.6) is 0 Å². The summed E-state index contributed by atoms with van der Waals surface area (Å²) in [6.07, 6.45) is 10.6. The van der Waals surface area contributed by atoms with Crippen LogP contribution in [0.25, 0.3) is 0 Å². The Balaban J connectivity index is 1.75. The molecule has 2 amide bonds. The first-order valence-electron chi connectivity index (χ1n) is 10.0. The lowest BCUT2D eigenvalue weighted by molar-refractivity contribution is -0.160. The Morgan fingerprint density at radius 3 is 2.50 bits per heavy atom. The third-order valence-electron chi connectivity index (χ3n) is 6.27. The van der Waals surface area contributed by atoms with E-state index in [0.717, 1.165) is 51.7 Å². The van der Waals surface area contributed by atoms with Crippen molar-refractivity contribution < 1.29 is 9.59 Å². The van der Waals surface area contributed by atoms with E-state index in [1.165, 1.54) is 32.1 Å². The van der Waals surface area contributed by atoms with Gasteiger partial charge < -0.3 is 15.5 Å². The monoisotopic (exact) mass is 335 g/mol. The molecule has 1 unspecified atom stereocenters. The summed E-state index contributed by atoms with van der Waals surface area (Å²) in [6, 6.07) is -0.294. The third kappa shape index (κ3) is 3.46. The normalized spacial score (nSPS) is 28.2. The smallest absolute Gasteiger partial charge is 0.246 e. The summed E-state index contributed by atoms with van der Waals surface area (Å²) >= 11 is 0. The van der Waals surface area contributed by atoms with Crippen LogP contribution in [0.4, 0.5) is 0 Å². The van der Waals surface area contributed by atoms with Gasteiger partial charge in [0.25, 0.3) is 0 Å². The van der Waals surface area contributed by atoms with Crippen molar-refractivity contribution in [2.75, 3.05) is 19.6 Å². The molecule has 1 saturated carbocycles. The Bertz CT molecular complexity index is 454.